The predicted molar refractivity (Wildman–Crippen MR) is 142 cm³/mol. The smallest absolute Gasteiger partial charge is 0.209 e. The lowest BCUT2D eigenvalue weighted by molar-refractivity contribution is -0.119. The number of likely N-dealkylation sites (tertiary alicyclic amines) is 1. The van der Waals surface area contributed by atoms with E-state index in [1.807, 2.05) is 17.0 Å². The minimum Gasteiger partial charge on any atom is -0.493 e. The number of nitrogen functional groups attached to an aromatic ring is 1. The van der Waals surface area contributed by atoms with E-state index in [4.69, 9.17) is 19.9 Å². The van der Waals surface area contributed by atoms with Gasteiger partial charge in [-0.3, -0.25) is 4.79 Å². The van der Waals surface area contributed by atoms with Crippen molar-refractivity contribution in [2.24, 2.45) is 5.92 Å². The summed E-state index contributed by atoms with van der Waals surface area (Å²) in [6, 6.07) is 8.19. The molecule has 0 bridgehead atoms. The van der Waals surface area contributed by atoms with Gasteiger partial charge in [0, 0.05) is 29.4 Å². The van der Waals surface area contributed by atoms with Crippen LogP contribution in [0.15, 0.2) is 61.3 Å². The molecule has 0 radical (unpaired) electrons. The fourth-order valence-electron chi connectivity index (χ4n) is 4.92. The van der Waals surface area contributed by atoms with Gasteiger partial charge in [-0.2, -0.15) is 0 Å². The maximum atomic E-state index is 11.1. The van der Waals surface area contributed by atoms with E-state index in [-0.39, 0.29) is 0 Å². The Morgan fingerprint density at radius 1 is 1.16 bits per heavy atom. The molecule has 1 saturated heterocycles. The van der Waals surface area contributed by atoms with Crippen LogP contribution in [-0.2, 0) is 17.8 Å². The first-order chi connectivity index (χ1) is 18.2. The monoisotopic (exact) mass is 536 g/mol. The van der Waals surface area contributed by atoms with Crippen molar-refractivity contribution < 1.29 is 13.9 Å². The summed E-state index contributed by atoms with van der Waals surface area (Å²) in [5.74, 6) is 1.88. The lowest BCUT2D eigenvalue weighted by Gasteiger charge is -2.29. The summed E-state index contributed by atoms with van der Waals surface area (Å²) < 4.78 is 13.8. The molecule has 0 spiro atoms. The normalized spacial score (nSPS) is 16.1. The first-order valence-corrected chi connectivity index (χ1v) is 14.2. The molecule has 2 aliphatic rings. The zero-order valence-electron chi connectivity index (χ0n) is 20.3. The summed E-state index contributed by atoms with van der Waals surface area (Å²) in [7, 11) is 0. The average molecular weight is 537 g/mol. The van der Waals surface area contributed by atoms with Crippen LogP contribution in [0.5, 0.6) is 5.75 Å². The molecule has 5 heterocycles. The second kappa shape index (κ2) is 10.7. The number of amides is 1. The molecule has 1 amide bonds. The Morgan fingerprint density at radius 2 is 2.03 bits per heavy atom. The van der Waals surface area contributed by atoms with Gasteiger partial charge in [0.15, 0.2) is 27.2 Å². The van der Waals surface area contributed by atoms with Crippen molar-refractivity contribution in [3.63, 3.8) is 0 Å². The SMILES string of the molecule is Nc1ncnc2c1nc(Sc1cc3c(cc1Sc1ccco1)OCCC3)n2CCC1CCN(C=O)CC1. The lowest BCUT2D eigenvalue weighted by atomic mass is 9.94. The van der Waals surface area contributed by atoms with Crippen LogP contribution < -0.4 is 10.5 Å². The van der Waals surface area contributed by atoms with Gasteiger partial charge in [0.1, 0.15) is 12.1 Å². The molecular weight excluding hydrogens is 508 g/mol. The Kier molecular flexibility index (Phi) is 6.97. The van der Waals surface area contributed by atoms with Gasteiger partial charge in [0.05, 0.1) is 12.9 Å². The van der Waals surface area contributed by atoms with Crippen LogP contribution in [0.4, 0.5) is 5.82 Å². The quantitative estimate of drug-likeness (QED) is 0.315. The number of ether oxygens (including phenoxy) is 1. The van der Waals surface area contributed by atoms with E-state index in [0.29, 0.717) is 17.3 Å². The highest BCUT2D eigenvalue weighted by molar-refractivity contribution is 8.02. The fourth-order valence-corrected chi connectivity index (χ4v) is 6.94. The molecule has 9 nitrogen and oxygen atoms in total. The number of piperidine rings is 1. The van der Waals surface area contributed by atoms with Crippen LogP contribution in [0, 0.1) is 5.92 Å². The third-order valence-electron chi connectivity index (χ3n) is 6.97. The van der Waals surface area contributed by atoms with E-state index in [2.05, 4.69) is 26.7 Å². The third-order valence-corrected chi connectivity index (χ3v) is 9.14. The first kappa shape index (κ1) is 24.2. The largest absolute Gasteiger partial charge is 0.493 e. The summed E-state index contributed by atoms with van der Waals surface area (Å²) in [6.07, 6.45) is 9.15. The number of nitrogens with two attached hydrogens (primary N) is 1. The number of hydrogen-bond acceptors (Lipinski definition) is 9. The van der Waals surface area contributed by atoms with Crippen molar-refractivity contribution in [2.75, 3.05) is 25.4 Å². The highest BCUT2D eigenvalue weighted by Crippen LogP contribution is 2.44. The molecule has 37 heavy (non-hydrogen) atoms. The van der Waals surface area contributed by atoms with E-state index in [1.165, 1.54) is 11.9 Å². The number of hydrogen-bond donors (Lipinski definition) is 1. The van der Waals surface area contributed by atoms with Gasteiger partial charge in [-0.05, 0) is 67.9 Å². The Hall–Kier alpha value is -3.18. The van der Waals surface area contributed by atoms with Crippen LogP contribution in [-0.4, -0.2) is 50.5 Å². The molecule has 0 aliphatic carbocycles. The summed E-state index contributed by atoms with van der Waals surface area (Å²) in [5.41, 5.74) is 8.79. The fraction of sp³-hybridized carbons (Fsp3) is 0.385. The summed E-state index contributed by atoms with van der Waals surface area (Å²) in [6.45, 7) is 3.15. The standard InChI is InChI=1S/C26H28N6O3S2/c27-24-23-25(29-15-28-24)32(10-7-17-5-8-31(16-33)9-6-17)26(30-23)37-20-13-18-3-1-11-34-19(18)14-21(20)36-22-4-2-12-35-22/h2,4,12-17H,1,3,5-11H2,(H2,27,28,29). The van der Waals surface area contributed by atoms with E-state index >= 15 is 0 Å². The molecule has 0 saturated carbocycles. The van der Waals surface area contributed by atoms with Gasteiger partial charge in [-0.1, -0.05) is 23.5 Å². The van der Waals surface area contributed by atoms with Crippen LogP contribution in [0.1, 0.15) is 31.2 Å². The molecule has 6 rings (SSSR count). The zero-order chi connectivity index (χ0) is 25.2. The van der Waals surface area contributed by atoms with Crippen molar-refractivity contribution in [3.05, 3.63) is 42.4 Å². The maximum absolute atomic E-state index is 11.1. The lowest BCUT2D eigenvalue weighted by Crippen LogP contribution is -2.32. The number of fused-ring (bicyclic) bond motifs is 2. The number of nitrogens with zero attached hydrogens (tertiary/aromatic N) is 5. The minimum atomic E-state index is 0.383. The van der Waals surface area contributed by atoms with Gasteiger partial charge < -0.3 is 24.4 Å². The van der Waals surface area contributed by atoms with Gasteiger partial charge in [-0.15, -0.1) is 0 Å². The third kappa shape index (κ3) is 5.15. The second-order valence-corrected chi connectivity index (χ2v) is 11.4. The number of imidazole rings is 1. The van der Waals surface area contributed by atoms with Gasteiger partial charge in [-0.25, -0.2) is 15.0 Å². The molecule has 1 fully saturated rings. The number of carbonyl (C=O) groups excluding carboxylic acids is 1. The predicted octanol–water partition coefficient (Wildman–Crippen LogP) is 4.89. The maximum Gasteiger partial charge on any atom is 0.209 e. The van der Waals surface area contributed by atoms with Gasteiger partial charge in [0.2, 0.25) is 6.41 Å². The molecular formula is C26H28N6O3S2. The van der Waals surface area contributed by atoms with E-state index in [1.54, 1.807) is 29.8 Å². The molecule has 4 aromatic rings. The molecule has 3 aromatic heterocycles. The number of rotatable bonds is 8. The van der Waals surface area contributed by atoms with Crippen molar-refractivity contribution in [1.82, 2.24) is 24.4 Å². The highest BCUT2D eigenvalue weighted by Gasteiger charge is 2.23. The van der Waals surface area contributed by atoms with Gasteiger partial charge >= 0.3 is 0 Å². The van der Waals surface area contributed by atoms with E-state index < -0.39 is 0 Å². The molecule has 0 atom stereocenters. The van der Waals surface area contributed by atoms with Crippen molar-refractivity contribution in [2.45, 2.75) is 58.7 Å². The number of anilines is 1. The summed E-state index contributed by atoms with van der Waals surface area (Å²) in [4.78, 5) is 28.7. The van der Waals surface area contributed by atoms with Crippen molar-refractivity contribution in [1.29, 1.82) is 0 Å². The van der Waals surface area contributed by atoms with E-state index in [9.17, 15) is 4.79 Å². The molecule has 192 valence electrons. The Bertz CT molecular complexity index is 1400. The van der Waals surface area contributed by atoms with Crippen molar-refractivity contribution in [3.8, 4) is 5.75 Å². The number of benzene rings is 1. The zero-order valence-corrected chi connectivity index (χ0v) is 22.0. The molecule has 2 N–H and O–H groups in total. The number of carbonyl (C=O) groups is 1. The molecule has 0 unspecified atom stereocenters. The highest BCUT2D eigenvalue weighted by atomic mass is 32.2. The molecule has 2 aliphatic heterocycles. The molecule has 1 aromatic carbocycles. The number of aromatic nitrogens is 4. The molecule has 11 heteroatoms. The summed E-state index contributed by atoms with van der Waals surface area (Å²) in [5, 5.41) is 1.66. The van der Waals surface area contributed by atoms with Crippen LogP contribution in [0.3, 0.4) is 0 Å². The van der Waals surface area contributed by atoms with Crippen molar-refractivity contribution >= 4 is 46.9 Å². The average Bonchev–Trinajstić information content (AvgIpc) is 3.56. The number of aryl methyl sites for hydroxylation is 2. The summed E-state index contributed by atoms with van der Waals surface area (Å²) >= 11 is 3.19. The minimum absolute atomic E-state index is 0.383. The van der Waals surface area contributed by atoms with E-state index in [0.717, 1.165) is 96.2 Å². The Balaban J connectivity index is 1.33. The Morgan fingerprint density at radius 3 is 2.84 bits per heavy atom. The van der Waals surface area contributed by atoms with Crippen LogP contribution >= 0.6 is 23.5 Å². The van der Waals surface area contributed by atoms with Gasteiger partial charge in [0.25, 0.3) is 0 Å². The number of furan rings is 1. The first-order valence-electron chi connectivity index (χ1n) is 12.5. The topological polar surface area (TPSA) is 112 Å². The Labute approximate surface area is 223 Å². The second-order valence-electron chi connectivity index (χ2n) is 9.35. The van der Waals surface area contributed by atoms with Crippen LogP contribution in [0.2, 0.25) is 0 Å². The van der Waals surface area contributed by atoms with Crippen LogP contribution in [0.25, 0.3) is 11.2 Å².